The summed E-state index contributed by atoms with van der Waals surface area (Å²) in [5, 5.41) is 3.29. The summed E-state index contributed by atoms with van der Waals surface area (Å²) in [7, 11) is -3.66. The molecule has 3 rings (SSSR count). The molecule has 0 fully saturated rings. The lowest BCUT2D eigenvalue weighted by Crippen LogP contribution is -2.30. The van der Waals surface area contributed by atoms with Gasteiger partial charge in [-0.2, -0.15) is 0 Å². The first kappa shape index (κ1) is 21.7. The van der Waals surface area contributed by atoms with Crippen molar-refractivity contribution in [2.24, 2.45) is 0 Å². The Labute approximate surface area is 181 Å². The number of benzene rings is 3. The molecule has 0 bridgehead atoms. The van der Waals surface area contributed by atoms with Crippen LogP contribution < -0.4 is 14.4 Å². The fraction of sp³-hybridized carbons (Fsp3) is 0.136. The highest BCUT2D eigenvalue weighted by molar-refractivity contribution is 7.92. The summed E-state index contributed by atoms with van der Waals surface area (Å²) in [5.74, 6) is 0.140. The number of amides is 1. The third kappa shape index (κ3) is 5.31. The molecule has 3 aromatic rings. The summed E-state index contributed by atoms with van der Waals surface area (Å²) in [6, 6.07) is 21.6. The second-order valence-corrected chi connectivity index (χ2v) is 8.62. The lowest BCUT2D eigenvalue weighted by molar-refractivity contribution is -0.118. The second kappa shape index (κ2) is 9.65. The summed E-state index contributed by atoms with van der Waals surface area (Å²) in [6.45, 7) is 1.87. The van der Waals surface area contributed by atoms with E-state index in [0.717, 1.165) is 0 Å². The standard InChI is InChI=1S/C22H21ClN2O4S/c1-2-25(30(27,28)21-6-4-3-5-7-21)19-12-14-20(15-13-19)29-16-22(26)24-18-10-8-17(23)9-11-18/h3-15H,2,16H2,1H3,(H,24,26). The Bertz CT molecular complexity index is 1090. The summed E-state index contributed by atoms with van der Waals surface area (Å²) in [5.41, 5.74) is 1.13. The fourth-order valence-electron chi connectivity index (χ4n) is 2.80. The minimum Gasteiger partial charge on any atom is -0.484 e. The van der Waals surface area contributed by atoms with Gasteiger partial charge in [0.05, 0.1) is 10.6 Å². The molecular weight excluding hydrogens is 424 g/mol. The molecule has 0 unspecified atom stereocenters. The molecule has 3 aromatic carbocycles. The van der Waals surface area contributed by atoms with Crippen LogP contribution >= 0.6 is 11.6 Å². The van der Waals surface area contributed by atoms with E-state index in [2.05, 4.69) is 5.32 Å². The van der Waals surface area contributed by atoms with Crippen molar-refractivity contribution in [1.82, 2.24) is 0 Å². The maximum Gasteiger partial charge on any atom is 0.264 e. The van der Waals surface area contributed by atoms with Crippen LogP contribution in [0.15, 0.2) is 83.8 Å². The Morgan fingerprint density at radius 3 is 2.20 bits per heavy atom. The van der Waals surface area contributed by atoms with Crippen LogP contribution in [0.5, 0.6) is 5.75 Å². The molecule has 1 N–H and O–H groups in total. The van der Waals surface area contributed by atoms with Crippen molar-refractivity contribution in [2.75, 3.05) is 22.8 Å². The Morgan fingerprint density at radius 1 is 0.967 bits per heavy atom. The van der Waals surface area contributed by atoms with Gasteiger partial charge in [0.25, 0.3) is 15.9 Å². The number of rotatable bonds is 8. The molecule has 8 heteroatoms. The van der Waals surface area contributed by atoms with Crippen molar-refractivity contribution >= 4 is 38.9 Å². The minimum absolute atomic E-state index is 0.179. The maximum atomic E-state index is 12.9. The Balaban J connectivity index is 1.63. The van der Waals surface area contributed by atoms with Crippen molar-refractivity contribution in [3.8, 4) is 5.75 Å². The third-order valence-corrected chi connectivity index (χ3v) is 6.41. The highest BCUT2D eigenvalue weighted by Gasteiger charge is 2.23. The molecular formula is C22H21ClN2O4S. The average Bonchev–Trinajstić information content (AvgIpc) is 2.76. The summed E-state index contributed by atoms with van der Waals surface area (Å²) in [6.07, 6.45) is 0. The summed E-state index contributed by atoms with van der Waals surface area (Å²) < 4.78 is 32.6. The number of ether oxygens (including phenoxy) is 1. The van der Waals surface area contributed by atoms with E-state index in [9.17, 15) is 13.2 Å². The molecule has 0 spiro atoms. The molecule has 0 radical (unpaired) electrons. The van der Waals surface area contributed by atoms with Gasteiger partial charge < -0.3 is 10.1 Å². The van der Waals surface area contributed by atoms with Crippen LogP contribution in [0.25, 0.3) is 0 Å². The van der Waals surface area contributed by atoms with Crippen molar-refractivity contribution in [3.63, 3.8) is 0 Å². The van der Waals surface area contributed by atoms with Crippen LogP contribution in [0.4, 0.5) is 11.4 Å². The SMILES string of the molecule is CCN(c1ccc(OCC(=O)Nc2ccc(Cl)cc2)cc1)S(=O)(=O)c1ccccc1. The van der Waals surface area contributed by atoms with E-state index in [0.29, 0.717) is 22.1 Å². The van der Waals surface area contributed by atoms with Gasteiger partial charge in [0.1, 0.15) is 5.75 Å². The number of hydrogen-bond acceptors (Lipinski definition) is 4. The van der Waals surface area contributed by atoms with Gasteiger partial charge in [-0.1, -0.05) is 29.8 Å². The number of nitrogens with one attached hydrogen (secondary N) is 1. The van der Waals surface area contributed by atoms with Gasteiger partial charge in [-0.15, -0.1) is 0 Å². The van der Waals surface area contributed by atoms with Crippen molar-refractivity contribution in [1.29, 1.82) is 0 Å². The Morgan fingerprint density at radius 2 is 1.60 bits per heavy atom. The van der Waals surface area contributed by atoms with Gasteiger partial charge in [-0.05, 0) is 67.6 Å². The van der Waals surface area contributed by atoms with Gasteiger partial charge >= 0.3 is 0 Å². The van der Waals surface area contributed by atoms with Gasteiger partial charge in [0, 0.05) is 17.3 Å². The fourth-order valence-corrected chi connectivity index (χ4v) is 4.42. The first-order chi connectivity index (χ1) is 14.4. The van der Waals surface area contributed by atoms with Crippen LogP contribution in [-0.2, 0) is 14.8 Å². The van der Waals surface area contributed by atoms with E-state index in [1.165, 1.54) is 4.31 Å². The molecule has 0 aliphatic carbocycles. The van der Waals surface area contributed by atoms with Crippen molar-refractivity contribution in [3.05, 3.63) is 83.9 Å². The number of carbonyl (C=O) groups excluding carboxylic acids is 1. The lowest BCUT2D eigenvalue weighted by atomic mass is 10.3. The molecule has 0 heterocycles. The number of anilines is 2. The topological polar surface area (TPSA) is 75.7 Å². The van der Waals surface area contributed by atoms with Crippen LogP contribution in [0, 0.1) is 0 Å². The molecule has 0 saturated carbocycles. The monoisotopic (exact) mass is 444 g/mol. The van der Waals surface area contributed by atoms with Gasteiger partial charge in [-0.3, -0.25) is 9.10 Å². The highest BCUT2D eigenvalue weighted by Crippen LogP contribution is 2.25. The largest absolute Gasteiger partial charge is 0.484 e. The van der Waals surface area contributed by atoms with Crippen molar-refractivity contribution in [2.45, 2.75) is 11.8 Å². The first-order valence-corrected chi connectivity index (χ1v) is 11.1. The number of halogens is 1. The smallest absolute Gasteiger partial charge is 0.264 e. The van der Waals surface area contributed by atoms with Crippen LogP contribution in [-0.4, -0.2) is 27.5 Å². The maximum absolute atomic E-state index is 12.9. The van der Waals surface area contributed by atoms with E-state index in [1.807, 2.05) is 0 Å². The van der Waals surface area contributed by atoms with Gasteiger partial charge in [0.15, 0.2) is 6.61 Å². The van der Waals surface area contributed by atoms with Crippen LogP contribution in [0.2, 0.25) is 5.02 Å². The van der Waals surface area contributed by atoms with Crippen LogP contribution in [0.1, 0.15) is 6.92 Å². The molecule has 0 aliphatic heterocycles. The number of carbonyl (C=O) groups is 1. The van der Waals surface area contributed by atoms with Gasteiger partial charge in [0.2, 0.25) is 0 Å². The lowest BCUT2D eigenvalue weighted by Gasteiger charge is -2.23. The molecule has 6 nitrogen and oxygen atoms in total. The molecule has 0 atom stereocenters. The summed E-state index contributed by atoms with van der Waals surface area (Å²) >= 11 is 5.82. The Kier molecular flexibility index (Phi) is 6.97. The van der Waals surface area contributed by atoms with Crippen LogP contribution in [0.3, 0.4) is 0 Å². The highest BCUT2D eigenvalue weighted by atomic mass is 35.5. The summed E-state index contributed by atoms with van der Waals surface area (Å²) in [4.78, 5) is 12.3. The second-order valence-electron chi connectivity index (χ2n) is 6.32. The molecule has 156 valence electrons. The van der Waals surface area contributed by atoms with Crippen molar-refractivity contribution < 1.29 is 17.9 Å². The molecule has 1 amide bonds. The number of nitrogens with zero attached hydrogens (tertiary/aromatic N) is 1. The van der Waals surface area contributed by atoms with Gasteiger partial charge in [-0.25, -0.2) is 8.42 Å². The number of sulfonamides is 1. The molecule has 0 aliphatic rings. The predicted molar refractivity (Wildman–Crippen MR) is 119 cm³/mol. The quantitative estimate of drug-likeness (QED) is 0.552. The third-order valence-electron chi connectivity index (χ3n) is 4.24. The van der Waals surface area contributed by atoms with E-state index >= 15 is 0 Å². The normalized spacial score (nSPS) is 11.0. The molecule has 30 heavy (non-hydrogen) atoms. The minimum atomic E-state index is -3.66. The zero-order chi connectivity index (χ0) is 21.6. The van der Waals surface area contributed by atoms with E-state index in [-0.39, 0.29) is 24.0 Å². The molecule has 0 saturated heterocycles. The van der Waals surface area contributed by atoms with E-state index in [1.54, 1.807) is 85.8 Å². The predicted octanol–water partition coefficient (Wildman–Crippen LogP) is 4.57. The molecule has 0 aromatic heterocycles. The number of hydrogen-bond donors (Lipinski definition) is 1. The average molecular weight is 445 g/mol. The zero-order valence-electron chi connectivity index (χ0n) is 16.3. The van der Waals surface area contributed by atoms with E-state index in [4.69, 9.17) is 16.3 Å². The first-order valence-electron chi connectivity index (χ1n) is 9.26. The van der Waals surface area contributed by atoms with E-state index < -0.39 is 10.0 Å². The Hall–Kier alpha value is -3.03. The zero-order valence-corrected chi connectivity index (χ0v) is 17.9.